The zero-order valence-electron chi connectivity index (χ0n) is 16.8. The van der Waals surface area contributed by atoms with Crippen LogP contribution in [0.5, 0.6) is 0 Å². The van der Waals surface area contributed by atoms with Gasteiger partial charge in [-0.15, -0.1) is 0 Å². The quantitative estimate of drug-likeness (QED) is 0.640. The lowest BCUT2D eigenvalue weighted by Crippen LogP contribution is -2.49. The van der Waals surface area contributed by atoms with Gasteiger partial charge in [0.05, 0.1) is 29.3 Å². The van der Waals surface area contributed by atoms with E-state index < -0.39 is 11.0 Å². The number of halogens is 1. The summed E-state index contributed by atoms with van der Waals surface area (Å²) in [5.74, 6) is 1.93. The van der Waals surface area contributed by atoms with Gasteiger partial charge in [-0.1, -0.05) is 0 Å². The van der Waals surface area contributed by atoms with E-state index >= 15 is 0 Å². The lowest BCUT2D eigenvalue weighted by atomic mass is 9.70. The highest BCUT2D eigenvalue weighted by Crippen LogP contribution is 2.59. The van der Waals surface area contributed by atoms with Crippen LogP contribution < -0.4 is 4.31 Å². The first kappa shape index (κ1) is 20.1. The van der Waals surface area contributed by atoms with Crippen LogP contribution in [-0.2, 0) is 21.1 Å². The lowest BCUT2D eigenvalue weighted by Gasteiger charge is -2.41. The summed E-state index contributed by atoms with van der Waals surface area (Å²) < 4.78 is 34.3. The van der Waals surface area contributed by atoms with Gasteiger partial charge >= 0.3 is 5.97 Å². The monoisotopic (exact) mass is 445 g/mol. The fourth-order valence-electron chi connectivity index (χ4n) is 5.12. The second kappa shape index (κ2) is 7.68. The summed E-state index contributed by atoms with van der Waals surface area (Å²) in [5, 5.41) is 0. The van der Waals surface area contributed by atoms with Crippen LogP contribution in [0.25, 0.3) is 0 Å². The predicted octanol–water partition coefficient (Wildman–Crippen LogP) is 4.70. The number of hydrogen-bond donors (Lipinski definition) is 0. The van der Waals surface area contributed by atoms with E-state index in [4.69, 9.17) is 4.74 Å². The average Bonchev–Trinajstić information content (AvgIpc) is 3.58. The first-order valence-electron chi connectivity index (χ1n) is 10.3. The van der Waals surface area contributed by atoms with Crippen LogP contribution in [0, 0.1) is 11.7 Å². The third-order valence-corrected chi connectivity index (χ3v) is 9.10. The summed E-state index contributed by atoms with van der Waals surface area (Å²) in [6.07, 6.45) is 4.28. The number of fused-ring (bicyclic) bond motifs is 2. The SMILES string of the molecule is COC(=O)c1ccc2c(c1)C1(CCSCC1)C(C1CC1)N2S(=O)c1ccc(F)cc1. The molecule has 2 aliphatic heterocycles. The Morgan fingerprint density at radius 2 is 1.87 bits per heavy atom. The molecule has 158 valence electrons. The molecular formula is C23H24FNO3S2. The van der Waals surface area contributed by atoms with Gasteiger partial charge in [-0.3, -0.25) is 4.31 Å². The molecule has 5 rings (SSSR count). The number of anilines is 1. The Hall–Kier alpha value is -1.86. The Kier molecular flexibility index (Phi) is 5.14. The molecule has 2 aromatic carbocycles. The Morgan fingerprint density at radius 1 is 1.17 bits per heavy atom. The summed E-state index contributed by atoms with van der Waals surface area (Å²) in [6, 6.07) is 11.7. The van der Waals surface area contributed by atoms with Crippen LogP contribution in [-0.4, -0.2) is 34.8 Å². The van der Waals surface area contributed by atoms with Gasteiger partial charge in [0.15, 0.2) is 11.0 Å². The van der Waals surface area contributed by atoms with E-state index in [-0.39, 0.29) is 23.2 Å². The van der Waals surface area contributed by atoms with Crippen LogP contribution in [0.1, 0.15) is 41.6 Å². The van der Waals surface area contributed by atoms with Crippen molar-refractivity contribution in [2.45, 2.75) is 42.0 Å². The van der Waals surface area contributed by atoms with E-state index in [0.29, 0.717) is 16.4 Å². The Balaban J connectivity index is 1.66. The predicted molar refractivity (Wildman–Crippen MR) is 118 cm³/mol. The first-order valence-corrected chi connectivity index (χ1v) is 12.6. The van der Waals surface area contributed by atoms with Gasteiger partial charge in [0.2, 0.25) is 0 Å². The smallest absolute Gasteiger partial charge is 0.337 e. The number of carbonyl (C=O) groups is 1. The first-order chi connectivity index (χ1) is 14.5. The number of esters is 1. The lowest BCUT2D eigenvalue weighted by molar-refractivity contribution is 0.0600. The molecule has 0 N–H and O–H groups in total. The van der Waals surface area contributed by atoms with Crippen LogP contribution in [0.2, 0.25) is 0 Å². The molecule has 30 heavy (non-hydrogen) atoms. The van der Waals surface area contributed by atoms with Crippen molar-refractivity contribution in [3.8, 4) is 0 Å². The van der Waals surface area contributed by atoms with E-state index in [1.54, 1.807) is 18.2 Å². The van der Waals surface area contributed by atoms with Gasteiger partial charge in [-0.25, -0.2) is 13.4 Å². The molecule has 3 aliphatic rings. The van der Waals surface area contributed by atoms with Crippen LogP contribution >= 0.6 is 11.8 Å². The molecule has 1 saturated carbocycles. The molecule has 1 saturated heterocycles. The molecule has 0 bridgehead atoms. The van der Waals surface area contributed by atoms with Crippen molar-refractivity contribution in [2.24, 2.45) is 5.92 Å². The summed E-state index contributed by atoms with van der Waals surface area (Å²) in [5.41, 5.74) is 2.49. The van der Waals surface area contributed by atoms with Gasteiger partial charge in [-0.2, -0.15) is 11.8 Å². The van der Waals surface area contributed by atoms with Gasteiger partial charge in [0, 0.05) is 5.41 Å². The molecule has 2 fully saturated rings. The van der Waals surface area contributed by atoms with Gasteiger partial charge in [0.1, 0.15) is 5.82 Å². The van der Waals surface area contributed by atoms with Crippen molar-refractivity contribution in [1.82, 2.24) is 0 Å². The Bertz CT molecular complexity index is 1000. The molecule has 1 aliphatic carbocycles. The van der Waals surface area contributed by atoms with Crippen LogP contribution in [0.15, 0.2) is 47.4 Å². The summed E-state index contributed by atoms with van der Waals surface area (Å²) in [4.78, 5) is 12.8. The van der Waals surface area contributed by atoms with Crippen molar-refractivity contribution in [1.29, 1.82) is 0 Å². The average molecular weight is 446 g/mol. The van der Waals surface area contributed by atoms with Crippen molar-refractivity contribution in [3.05, 3.63) is 59.4 Å². The number of benzene rings is 2. The van der Waals surface area contributed by atoms with Crippen LogP contribution in [0.3, 0.4) is 0 Å². The normalized spacial score (nSPS) is 23.3. The minimum atomic E-state index is -1.44. The van der Waals surface area contributed by atoms with Gasteiger partial charge in [0.25, 0.3) is 0 Å². The number of rotatable bonds is 4. The maximum absolute atomic E-state index is 13.8. The van der Waals surface area contributed by atoms with Crippen molar-refractivity contribution in [2.75, 3.05) is 22.9 Å². The second-order valence-corrected chi connectivity index (χ2v) is 10.9. The molecular weight excluding hydrogens is 421 g/mol. The molecule has 0 aromatic heterocycles. The van der Waals surface area contributed by atoms with Crippen molar-refractivity contribution >= 4 is 34.4 Å². The summed E-state index contributed by atoms with van der Waals surface area (Å²) in [6.45, 7) is 0. The van der Waals surface area contributed by atoms with Crippen LogP contribution in [0.4, 0.5) is 10.1 Å². The molecule has 1 spiro atoms. The zero-order valence-corrected chi connectivity index (χ0v) is 18.4. The fourth-order valence-corrected chi connectivity index (χ4v) is 7.85. The number of hydrogen-bond acceptors (Lipinski definition) is 4. The maximum atomic E-state index is 13.8. The largest absolute Gasteiger partial charge is 0.465 e. The van der Waals surface area contributed by atoms with Gasteiger partial charge in [-0.05, 0) is 91.1 Å². The van der Waals surface area contributed by atoms with Gasteiger partial charge < -0.3 is 4.74 Å². The number of methoxy groups -OCH3 is 1. The molecule has 2 heterocycles. The minimum Gasteiger partial charge on any atom is -0.465 e. The second-order valence-electron chi connectivity index (χ2n) is 8.30. The standard InChI is InChI=1S/C23H24FNO3S2/c1-28-22(26)16-4-9-20-19(14-16)23(10-12-29-13-11-23)21(15-2-3-15)25(20)30(27)18-7-5-17(24)6-8-18/h4-9,14-15,21H,2-3,10-13H2,1H3. The van der Waals surface area contributed by atoms with E-state index in [1.165, 1.54) is 19.2 Å². The number of carbonyl (C=O) groups excluding carboxylic acids is 1. The molecule has 7 heteroatoms. The third-order valence-electron chi connectivity index (χ3n) is 6.66. The van der Waals surface area contributed by atoms with Crippen molar-refractivity contribution in [3.63, 3.8) is 0 Å². The Morgan fingerprint density at radius 3 is 2.50 bits per heavy atom. The number of ether oxygens (including phenoxy) is 1. The molecule has 4 nitrogen and oxygen atoms in total. The molecule has 0 amide bonds. The summed E-state index contributed by atoms with van der Waals surface area (Å²) in [7, 11) is -0.0478. The molecule has 0 radical (unpaired) electrons. The highest BCUT2D eigenvalue weighted by molar-refractivity contribution is 7.99. The van der Waals surface area contributed by atoms with E-state index in [9.17, 15) is 13.4 Å². The molecule has 2 unspecified atom stereocenters. The van der Waals surface area contributed by atoms with E-state index in [2.05, 4.69) is 4.31 Å². The fraction of sp³-hybridized carbons (Fsp3) is 0.435. The maximum Gasteiger partial charge on any atom is 0.337 e. The topological polar surface area (TPSA) is 46.6 Å². The molecule has 2 atom stereocenters. The number of nitrogens with zero attached hydrogens (tertiary/aromatic N) is 1. The molecule has 2 aromatic rings. The summed E-state index contributed by atoms with van der Waals surface area (Å²) >= 11 is 1.96. The van der Waals surface area contributed by atoms with E-state index in [0.717, 1.165) is 48.4 Å². The third kappa shape index (κ3) is 3.17. The Labute approximate surface area is 182 Å². The number of thioether (sulfide) groups is 1. The minimum absolute atomic E-state index is 0.110. The highest BCUT2D eigenvalue weighted by atomic mass is 32.2. The highest BCUT2D eigenvalue weighted by Gasteiger charge is 2.58. The zero-order chi connectivity index (χ0) is 20.9. The van der Waals surface area contributed by atoms with Crippen molar-refractivity contribution < 1.29 is 18.1 Å². The van der Waals surface area contributed by atoms with E-state index in [1.807, 2.05) is 23.9 Å².